The van der Waals surface area contributed by atoms with Gasteiger partial charge in [-0.25, -0.2) is 4.39 Å². The highest BCUT2D eigenvalue weighted by molar-refractivity contribution is 5.71. The minimum atomic E-state index is -0.335. The number of ether oxygens (including phenoxy) is 1. The number of halogens is 1. The third-order valence-corrected chi connectivity index (χ3v) is 1.94. The molecule has 88 valence electrons. The van der Waals surface area contributed by atoms with Crippen molar-refractivity contribution >= 4 is 5.97 Å². The van der Waals surface area contributed by atoms with Crippen LogP contribution in [0.15, 0.2) is 24.3 Å². The van der Waals surface area contributed by atoms with Gasteiger partial charge in [-0.15, -0.1) is 0 Å². The van der Waals surface area contributed by atoms with E-state index in [9.17, 15) is 9.18 Å². The average Bonchev–Trinajstić information content (AvgIpc) is 2.23. The van der Waals surface area contributed by atoms with E-state index in [4.69, 9.17) is 4.74 Å². The zero-order valence-electron chi connectivity index (χ0n) is 9.50. The van der Waals surface area contributed by atoms with Crippen LogP contribution in [0.4, 0.5) is 4.39 Å². The molecule has 0 heterocycles. The Hall–Kier alpha value is -1.42. The van der Waals surface area contributed by atoms with Crippen molar-refractivity contribution in [3.05, 3.63) is 35.6 Å². The largest absolute Gasteiger partial charge is 0.460 e. The molecule has 1 N–H and O–H groups in total. The van der Waals surface area contributed by atoms with Gasteiger partial charge in [0, 0.05) is 6.04 Å². The van der Waals surface area contributed by atoms with Gasteiger partial charge in [-0.1, -0.05) is 26.0 Å². The summed E-state index contributed by atoms with van der Waals surface area (Å²) >= 11 is 0. The van der Waals surface area contributed by atoms with Crippen LogP contribution in [-0.2, 0) is 16.1 Å². The summed E-state index contributed by atoms with van der Waals surface area (Å²) in [5.41, 5.74) is 0.651. The van der Waals surface area contributed by atoms with Gasteiger partial charge in [-0.05, 0) is 17.7 Å². The fourth-order valence-corrected chi connectivity index (χ4v) is 1.13. The van der Waals surface area contributed by atoms with Crippen molar-refractivity contribution in [3.63, 3.8) is 0 Å². The molecule has 1 rings (SSSR count). The molecule has 0 radical (unpaired) electrons. The van der Waals surface area contributed by atoms with Gasteiger partial charge in [-0.2, -0.15) is 0 Å². The molecule has 0 unspecified atom stereocenters. The summed E-state index contributed by atoms with van der Waals surface area (Å²) in [5, 5.41) is 2.94. The van der Waals surface area contributed by atoms with Crippen molar-refractivity contribution in [2.75, 3.05) is 6.54 Å². The van der Waals surface area contributed by atoms with Crippen LogP contribution in [0.1, 0.15) is 19.4 Å². The molecule has 0 saturated carbocycles. The van der Waals surface area contributed by atoms with Gasteiger partial charge in [0.2, 0.25) is 0 Å². The van der Waals surface area contributed by atoms with Gasteiger partial charge in [0.25, 0.3) is 0 Å². The Morgan fingerprint density at radius 1 is 1.50 bits per heavy atom. The number of hydrogen-bond donors (Lipinski definition) is 1. The quantitative estimate of drug-likeness (QED) is 0.777. The van der Waals surface area contributed by atoms with E-state index in [1.54, 1.807) is 12.1 Å². The zero-order chi connectivity index (χ0) is 12.0. The Kier molecular flexibility index (Phi) is 4.92. The lowest BCUT2D eigenvalue weighted by atomic mass is 10.2. The summed E-state index contributed by atoms with van der Waals surface area (Å²) in [5.74, 6) is -0.660. The first-order valence-electron chi connectivity index (χ1n) is 5.21. The number of hydrogen-bond acceptors (Lipinski definition) is 3. The lowest BCUT2D eigenvalue weighted by Gasteiger charge is -2.08. The monoisotopic (exact) mass is 225 g/mol. The van der Waals surface area contributed by atoms with E-state index < -0.39 is 0 Å². The number of carbonyl (C=O) groups is 1. The lowest BCUT2D eigenvalue weighted by Crippen LogP contribution is -2.30. The fraction of sp³-hybridized carbons (Fsp3) is 0.417. The van der Waals surface area contributed by atoms with Gasteiger partial charge in [0.1, 0.15) is 12.4 Å². The summed E-state index contributed by atoms with van der Waals surface area (Å²) in [6.07, 6.45) is 0. The molecule has 0 spiro atoms. The maximum absolute atomic E-state index is 12.8. The van der Waals surface area contributed by atoms with E-state index in [0.717, 1.165) is 0 Å². The molecule has 0 bridgehead atoms. The summed E-state index contributed by atoms with van der Waals surface area (Å²) in [6, 6.07) is 6.24. The molecule has 0 aliphatic carbocycles. The van der Waals surface area contributed by atoms with Gasteiger partial charge in [0.05, 0.1) is 6.54 Å². The number of rotatable bonds is 5. The van der Waals surface area contributed by atoms with E-state index in [1.165, 1.54) is 12.1 Å². The Morgan fingerprint density at radius 2 is 2.25 bits per heavy atom. The van der Waals surface area contributed by atoms with Crippen LogP contribution in [0.25, 0.3) is 0 Å². The number of carbonyl (C=O) groups excluding carboxylic acids is 1. The minimum Gasteiger partial charge on any atom is -0.460 e. The molecule has 0 amide bonds. The van der Waals surface area contributed by atoms with E-state index in [2.05, 4.69) is 5.32 Å². The summed E-state index contributed by atoms with van der Waals surface area (Å²) in [7, 11) is 0. The number of esters is 1. The normalized spacial score (nSPS) is 10.5. The first kappa shape index (κ1) is 12.6. The van der Waals surface area contributed by atoms with Crippen molar-refractivity contribution in [1.82, 2.24) is 5.32 Å². The third-order valence-electron chi connectivity index (χ3n) is 1.94. The van der Waals surface area contributed by atoms with E-state index >= 15 is 0 Å². The van der Waals surface area contributed by atoms with Crippen LogP contribution in [-0.4, -0.2) is 18.6 Å². The topological polar surface area (TPSA) is 38.3 Å². The number of benzene rings is 1. The minimum absolute atomic E-state index is 0.108. The lowest BCUT2D eigenvalue weighted by molar-refractivity contribution is -0.143. The molecule has 0 atom stereocenters. The molecular weight excluding hydrogens is 209 g/mol. The molecule has 0 aliphatic heterocycles. The maximum Gasteiger partial charge on any atom is 0.320 e. The van der Waals surface area contributed by atoms with E-state index in [0.29, 0.717) is 5.56 Å². The third kappa shape index (κ3) is 4.89. The van der Waals surface area contributed by atoms with E-state index in [-0.39, 0.29) is 31.0 Å². The molecule has 0 aromatic heterocycles. The smallest absolute Gasteiger partial charge is 0.320 e. The Labute approximate surface area is 94.6 Å². The highest BCUT2D eigenvalue weighted by atomic mass is 19.1. The van der Waals surface area contributed by atoms with Crippen LogP contribution in [0.5, 0.6) is 0 Å². The molecule has 3 nitrogen and oxygen atoms in total. The van der Waals surface area contributed by atoms with Crippen molar-refractivity contribution in [3.8, 4) is 0 Å². The maximum atomic E-state index is 12.8. The standard InChI is InChI=1S/C12H16FNO2/c1-9(2)14-7-12(15)16-8-10-4-3-5-11(13)6-10/h3-6,9,14H,7-8H2,1-2H3. The van der Waals surface area contributed by atoms with Gasteiger partial charge in [0.15, 0.2) is 0 Å². The molecular formula is C12H16FNO2. The predicted molar refractivity (Wildman–Crippen MR) is 59.3 cm³/mol. The van der Waals surface area contributed by atoms with E-state index in [1.807, 2.05) is 13.8 Å². The van der Waals surface area contributed by atoms with Crippen LogP contribution >= 0.6 is 0 Å². The second-order valence-electron chi connectivity index (χ2n) is 3.83. The van der Waals surface area contributed by atoms with Gasteiger partial charge in [-0.3, -0.25) is 4.79 Å². The highest BCUT2D eigenvalue weighted by Gasteiger charge is 2.04. The van der Waals surface area contributed by atoms with Crippen molar-refractivity contribution < 1.29 is 13.9 Å². The number of nitrogens with one attached hydrogen (secondary N) is 1. The summed E-state index contributed by atoms with van der Waals surface area (Å²) in [6.45, 7) is 4.17. The second kappa shape index (κ2) is 6.23. The summed E-state index contributed by atoms with van der Waals surface area (Å²) < 4.78 is 17.8. The predicted octanol–water partition coefficient (Wildman–Crippen LogP) is 1.87. The Balaban J connectivity index is 2.31. The van der Waals surface area contributed by atoms with Crippen molar-refractivity contribution in [2.24, 2.45) is 0 Å². The highest BCUT2D eigenvalue weighted by Crippen LogP contribution is 2.04. The van der Waals surface area contributed by atoms with Gasteiger partial charge >= 0.3 is 5.97 Å². The molecule has 1 aromatic rings. The molecule has 0 aliphatic rings. The van der Waals surface area contributed by atoms with Crippen LogP contribution in [0.2, 0.25) is 0 Å². The molecule has 4 heteroatoms. The van der Waals surface area contributed by atoms with Crippen molar-refractivity contribution in [2.45, 2.75) is 26.5 Å². The average molecular weight is 225 g/mol. The Bertz CT molecular complexity index is 353. The van der Waals surface area contributed by atoms with Crippen LogP contribution < -0.4 is 5.32 Å². The molecule has 1 aromatic carbocycles. The molecule has 16 heavy (non-hydrogen) atoms. The van der Waals surface area contributed by atoms with Crippen LogP contribution in [0.3, 0.4) is 0 Å². The zero-order valence-corrected chi connectivity index (χ0v) is 9.50. The first-order valence-corrected chi connectivity index (χ1v) is 5.21. The van der Waals surface area contributed by atoms with Crippen molar-refractivity contribution in [1.29, 1.82) is 0 Å². The SMILES string of the molecule is CC(C)NCC(=O)OCc1cccc(F)c1. The first-order chi connectivity index (χ1) is 7.58. The Morgan fingerprint density at radius 3 is 2.88 bits per heavy atom. The second-order valence-corrected chi connectivity index (χ2v) is 3.83. The molecule has 0 fully saturated rings. The fourth-order valence-electron chi connectivity index (χ4n) is 1.13. The van der Waals surface area contributed by atoms with Gasteiger partial charge < -0.3 is 10.1 Å². The summed E-state index contributed by atoms with van der Waals surface area (Å²) in [4.78, 5) is 11.2. The van der Waals surface area contributed by atoms with Crippen LogP contribution in [0, 0.1) is 5.82 Å². The molecule has 0 saturated heterocycles.